The fraction of sp³-hybridized carbons (Fsp3) is 0.0667. The Morgan fingerprint density at radius 3 is 2.83 bits per heavy atom. The average molecular weight is 253 g/mol. The molecule has 3 heteroatoms. The quantitative estimate of drug-likeness (QED) is 0.649. The number of benzene rings is 1. The Hall–Kier alpha value is -2.00. The summed E-state index contributed by atoms with van der Waals surface area (Å²) in [5.41, 5.74) is 2.59. The maximum atomic E-state index is 12.3. The van der Waals surface area contributed by atoms with E-state index in [1.165, 1.54) is 11.3 Å². The van der Waals surface area contributed by atoms with Gasteiger partial charge in [0.25, 0.3) is 0 Å². The van der Waals surface area contributed by atoms with E-state index in [1.807, 2.05) is 48.7 Å². The summed E-state index contributed by atoms with van der Waals surface area (Å²) in [7, 11) is 0. The van der Waals surface area contributed by atoms with Gasteiger partial charge in [0.2, 0.25) is 5.78 Å². The van der Waals surface area contributed by atoms with Crippen LogP contribution in [0.2, 0.25) is 0 Å². The summed E-state index contributed by atoms with van der Waals surface area (Å²) in [6, 6.07) is 11.7. The maximum Gasteiger partial charge on any atom is 0.204 e. The van der Waals surface area contributed by atoms with Gasteiger partial charge in [-0.1, -0.05) is 18.2 Å². The van der Waals surface area contributed by atoms with Gasteiger partial charge in [-0.15, -0.1) is 11.3 Å². The van der Waals surface area contributed by atoms with E-state index < -0.39 is 0 Å². The molecule has 0 radical (unpaired) electrons. The van der Waals surface area contributed by atoms with Crippen LogP contribution >= 0.6 is 11.3 Å². The monoisotopic (exact) mass is 253 g/mol. The number of carbonyl (C=O) groups is 1. The van der Waals surface area contributed by atoms with Crippen molar-refractivity contribution in [3.05, 3.63) is 64.0 Å². The first-order valence-corrected chi connectivity index (χ1v) is 6.57. The van der Waals surface area contributed by atoms with Crippen molar-refractivity contribution in [2.75, 3.05) is 0 Å². The van der Waals surface area contributed by atoms with Crippen LogP contribution in [0.5, 0.6) is 0 Å². The number of aryl methyl sites for hydroxylation is 1. The van der Waals surface area contributed by atoms with E-state index in [9.17, 15) is 4.79 Å². The van der Waals surface area contributed by atoms with Gasteiger partial charge in [0.05, 0.1) is 10.4 Å². The van der Waals surface area contributed by atoms with Crippen LogP contribution in [0, 0.1) is 6.92 Å². The molecule has 0 spiro atoms. The molecule has 3 rings (SSSR count). The molecule has 3 aromatic rings. The summed E-state index contributed by atoms with van der Waals surface area (Å²) < 4.78 is 0. The van der Waals surface area contributed by atoms with Crippen LogP contribution in [-0.2, 0) is 0 Å². The number of aromatic nitrogens is 1. The second-order valence-corrected chi connectivity index (χ2v) is 5.09. The van der Waals surface area contributed by atoms with Gasteiger partial charge in [0.15, 0.2) is 0 Å². The van der Waals surface area contributed by atoms with Gasteiger partial charge < -0.3 is 0 Å². The molecule has 0 N–H and O–H groups in total. The number of thiophene rings is 1. The van der Waals surface area contributed by atoms with Crippen molar-refractivity contribution < 1.29 is 4.79 Å². The molecule has 2 aromatic heterocycles. The summed E-state index contributed by atoms with van der Waals surface area (Å²) in [6.45, 7) is 1.96. The topological polar surface area (TPSA) is 30.0 Å². The molecule has 0 bridgehead atoms. The molecular formula is C15H11NOS. The number of hydrogen-bond donors (Lipinski definition) is 0. The second-order valence-electron chi connectivity index (χ2n) is 4.18. The van der Waals surface area contributed by atoms with Gasteiger partial charge in [-0.25, -0.2) is 0 Å². The van der Waals surface area contributed by atoms with Crippen LogP contribution in [0.4, 0.5) is 0 Å². The van der Waals surface area contributed by atoms with E-state index in [2.05, 4.69) is 4.98 Å². The normalized spacial score (nSPS) is 10.7. The minimum atomic E-state index is 0.0563. The van der Waals surface area contributed by atoms with Crippen molar-refractivity contribution in [3.63, 3.8) is 0 Å². The molecule has 0 aliphatic rings. The third-order valence-electron chi connectivity index (χ3n) is 2.92. The number of carbonyl (C=O) groups excluding carboxylic acids is 1. The van der Waals surface area contributed by atoms with E-state index in [0.717, 1.165) is 21.3 Å². The molecule has 0 amide bonds. The molecule has 0 atom stereocenters. The smallest absolute Gasteiger partial charge is 0.204 e. The van der Waals surface area contributed by atoms with Crippen molar-refractivity contribution in [1.29, 1.82) is 0 Å². The SMILES string of the molecule is Cc1ccsc1C(=O)c1cnc2ccccc2c1. The summed E-state index contributed by atoms with van der Waals surface area (Å²) in [5, 5.41) is 2.94. The molecule has 2 heterocycles. The van der Waals surface area contributed by atoms with Crippen LogP contribution in [0.1, 0.15) is 20.8 Å². The van der Waals surface area contributed by atoms with Crippen molar-refractivity contribution >= 4 is 28.0 Å². The molecular weight excluding hydrogens is 242 g/mol. The zero-order valence-corrected chi connectivity index (χ0v) is 10.7. The molecule has 0 aliphatic heterocycles. The Morgan fingerprint density at radius 2 is 2.06 bits per heavy atom. The highest BCUT2D eigenvalue weighted by atomic mass is 32.1. The highest BCUT2D eigenvalue weighted by molar-refractivity contribution is 7.12. The first-order valence-electron chi connectivity index (χ1n) is 5.69. The third kappa shape index (κ3) is 1.83. The molecule has 1 aromatic carbocycles. The number of para-hydroxylation sites is 1. The molecule has 0 saturated heterocycles. The Morgan fingerprint density at radius 1 is 1.22 bits per heavy atom. The minimum absolute atomic E-state index is 0.0563. The third-order valence-corrected chi connectivity index (χ3v) is 3.94. The largest absolute Gasteiger partial charge is 0.288 e. The van der Waals surface area contributed by atoms with E-state index in [-0.39, 0.29) is 5.78 Å². The van der Waals surface area contributed by atoms with Gasteiger partial charge in [0, 0.05) is 17.1 Å². The number of pyridine rings is 1. The predicted octanol–water partition coefficient (Wildman–Crippen LogP) is 3.84. The Bertz CT molecular complexity index is 730. The van der Waals surface area contributed by atoms with Crippen LogP contribution in [-0.4, -0.2) is 10.8 Å². The van der Waals surface area contributed by atoms with Gasteiger partial charge >= 0.3 is 0 Å². The highest BCUT2D eigenvalue weighted by Gasteiger charge is 2.13. The second kappa shape index (κ2) is 4.35. The van der Waals surface area contributed by atoms with Gasteiger partial charge in [-0.05, 0) is 36.1 Å². The number of hydrogen-bond acceptors (Lipinski definition) is 3. The number of nitrogens with zero attached hydrogens (tertiary/aromatic N) is 1. The minimum Gasteiger partial charge on any atom is -0.288 e. The van der Waals surface area contributed by atoms with Crippen molar-refractivity contribution in [2.45, 2.75) is 6.92 Å². The molecule has 0 fully saturated rings. The Labute approximate surface area is 109 Å². The molecule has 0 unspecified atom stereocenters. The molecule has 0 aliphatic carbocycles. The standard InChI is InChI=1S/C15H11NOS/c1-10-6-7-18-15(10)14(17)12-8-11-4-2-3-5-13(11)16-9-12/h2-9H,1H3. The molecule has 88 valence electrons. The lowest BCUT2D eigenvalue weighted by molar-refractivity contribution is 0.104. The summed E-state index contributed by atoms with van der Waals surface area (Å²) in [4.78, 5) is 17.5. The van der Waals surface area contributed by atoms with E-state index in [0.29, 0.717) is 5.56 Å². The van der Waals surface area contributed by atoms with E-state index in [4.69, 9.17) is 0 Å². The summed E-state index contributed by atoms with van der Waals surface area (Å²) in [5.74, 6) is 0.0563. The van der Waals surface area contributed by atoms with Crippen LogP contribution in [0.3, 0.4) is 0 Å². The van der Waals surface area contributed by atoms with Gasteiger partial charge in [0.1, 0.15) is 0 Å². The fourth-order valence-electron chi connectivity index (χ4n) is 1.93. The van der Waals surface area contributed by atoms with Crippen molar-refractivity contribution in [3.8, 4) is 0 Å². The lowest BCUT2D eigenvalue weighted by atomic mass is 10.1. The zero-order valence-electron chi connectivity index (χ0n) is 9.88. The maximum absolute atomic E-state index is 12.3. The fourth-order valence-corrected chi connectivity index (χ4v) is 2.82. The van der Waals surface area contributed by atoms with Crippen LogP contribution in [0.25, 0.3) is 10.9 Å². The van der Waals surface area contributed by atoms with Crippen LogP contribution in [0.15, 0.2) is 48.0 Å². The lowest BCUT2D eigenvalue weighted by Crippen LogP contribution is -2.01. The number of fused-ring (bicyclic) bond motifs is 1. The zero-order chi connectivity index (χ0) is 12.5. The summed E-state index contributed by atoms with van der Waals surface area (Å²) >= 11 is 1.48. The van der Waals surface area contributed by atoms with Crippen LogP contribution < -0.4 is 0 Å². The Balaban J connectivity index is 2.10. The molecule has 0 saturated carbocycles. The Kier molecular flexibility index (Phi) is 2.68. The predicted molar refractivity (Wildman–Crippen MR) is 74.2 cm³/mol. The number of ketones is 1. The van der Waals surface area contributed by atoms with E-state index >= 15 is 0 Å². The first-order chi connectivity index (χ1) is 8.75. The molecule has 2 nitrogen and oxygen atoms in total. The van der Waals surface area contributed by atoms with Gasteiger partial charge in [-0.2, -0.15) is 0 Å². The molecule has 18 heavy (non-hydrogen) atoms. The van der Waals surface area contributed by atoms with E-state index in [1.54, 1.807) is 6.20 Å². The summed E-state index contributed by atoms with van der Waals surface area (Å²) in [6.07, 6.45) is 1.66. The van der Waals surface area contributed by atoms with Gasteiger partial charge in [-0.3, -0.25) is 9.78 Å². The van der Waals surface area contributed by atoms with Crippen molar-refractivity contribution in [1.82, 2.24) is 4.98 Å². The lowest BCUT2D eigenvalue weighted by Gasteiger charge is -2.02. The van der Waals surface area contributed by atoms with Crippen molar-refractivity contribution in [2.24, 2.45) is 0 Å². The number of rotatable bonds is 2. The first kappa shape index (κ1) is 11.1. The average Bonchev–Trinajstić information content (AvgIpc) is 2.83. The highest BCUT2D eigenvalue weighted by Crippen LogP contribution is 2.21.